The zero-order chi connectivity index (χ0) is 20.6. The van der Waals surface area contributed by atoms with Crippen LogP contribution in [-0.4, -0.2) is 24.9 Å². The Morgan fingerprint density at radius 3 is 2.72 bits per heavy atom. The van der Waals surface area contributed by atoms with E-state index in [1.165, 1.54) is 41.3 Å². The first-order valence-corrected chi connectivity index (χ1v) is 8.23. The molecule has 0 amide bonds. The van der Waals surface area contributed by atoms with Crippen LogP contribution in [0.1, 0.15) is 17.1 Å². The fourth-order valence-electron chi connectivity index (χ4n) is 2.83. The fourth-order valence-corrected chi connectivity index (χ4v) is 2.83. The van der Waals surface area contributed by atoms with E-state index in [9.17, 15) is 22.4 Å². The van der Waals surface area contributed by atoms with Gasteiger partial charge in [-0.05, 0) is 30.3 Å². The molecule has 4 aromatic rings. The van der Waals surface area contributed by atoms with Gasteiger partial charge in [-0.25, -0.2) is 9.07 Å². The predicted molar refractivity (Wildman–Crippen MR) is 91.7 cm³/mol. The molecule has 3 aromatic heterocycles. The Hall–Kier alpha value is -3.76. The van der Waals surface area contributed by atoms with Crippen LogP contribution in [0.5, 0.6) is 0 Å². The summed E-state index contributed by atoms with van der Waals surface area (Å²) in [5.41, 5.74) is 0.596. The van der Waals surface area contributed by atoms with Crippen LogP contribution in [0.15, 0.2) is 58.1 Å². The molecule has 4 rings (SSSR count). The van der Waals surface area contributed by atoms with Gasteiger partial charge in [0.25, 0.3) is 5.56 Å². The number of nitrogens with one attached hydrogen (secondary N) is 1. The molecule has 0 saturated carbocycles. The maximum atomic E-state index is 13.6. The molecule has 0 saturated heterocycles. The van der Waals surface area contributed by atoms with E-state index in [1.807, 2.05) is 0 Å². The summed E-state index contributed by atoms with van der Waals surface area (Å²) < 4.78 is 57.5. The van der Waals surface area contributed by atoms with Crippen molar-refractivity contribution in [3.63, 3.8) is 0 Å². The summed E-state index contributed by atoms with van der Waals surface area (Å²) >= 11 is 0. The summed E-state index contributed by atoms with van der Waals surface area (Å²) in [7, 11) is 0. The first-order valence-electron chi connectivity index (χ1n) is 8.23. The average molecular weight is 405 g/mol. The van der Waals surface area contributed by atoms with E-state index in [1.54, 1.807) is 12.1 Å². The van der Waals surface area contributed by atoms with E-state index in [4.69, 9.17) is 0 Å². The van der Waals surface area contributed by atoms with Crippen LogP contribution >= 0.6 is 0 Å². The number of hydrogen-bond acceptors (Lipinski definition) is 5. The molecule has 29 heavy (non-hydrogen) atoms. The minimum atomic E-state index is -4.80. The molecular formula is C18H11F4N5O2. The van der Waals surface area contributed by atoms with Crippen LogP contribution in [0.25, 0.3) is 17.1 Å². The zero-order valence-corrected chi connectivity index (χ0v) is 14.4. The Labute approximate surface area is 159 Å². The highest BCUT2D eigenvalue weighted by molar-refractivity contribution is 5.59. The lowest BCUT2D eigenvalue weighted by Gasteiger charge is -2.09. The monoisotopic (exact) mass is 405 g/mol. The zero-order valence-electron chi connectivity index (χ0n) is 14.4. The molecule has 0 unspecified atom stereocenters. The van der Waals surface area contributed by atoms with E-state index >= 15 is 0 Å². The van der Waals surface area contributed by atoms with Gasteiger partial charge in [-0.3, -0.25) is 4.79 Å². The number of aromatic nitrogens is 5. The Balaban J connectivity index is 1.76. The lowest BCUT2D eigenvalue weighted by molar-refractivity contribution is -0.159. The van der Waals surface area contributed by atoms with Crippen LogP contribution in [0.4, 0.5) is 17.6 Å². The Kier molecular flexibility index (Phi) is 4.49. The summed E-state index contributed by atoms with van der Waals surface area (Å²) in [5, 5.41) is 7.48. The molecule has 1 N–H and O–H groups in total. The molecular weight excluding hydrogens is 394 g/mol. The summed E-state index contributed by atoms with van der Waals surface area (Å²) in [5.74, 6) is -2.34. The van der Waals surface area contributed by atoms with Gasteiger partial charge in [0.15, 0.2) is 0 Å². The summed E-state index contributed by atoms with van der Waals surface area (Å²) in [6, 6.07) is 8.67. The van der Waals surface area contributed by atoms with Crippen molar-refractivity contribution in [2.75, 3.05) is 0 Å². The fraction of sp³-hybridized carbons (Fsp3) is 0.111. The molecule has 11 heteroatoms. The highest BCUT2D eigenvalue weighted by atomic mass is 19.4. The summed E-state index contributed by atoms with van der Waals surface area (Å²) in [6.45, 7) is 0. The van der Waals surface area contributed by atoms with Crippen LogP contribution in [-0.2, 0) is 12.6 Å². The van der Waals surface area contributed by atoms with Crippen LogP contribution in [0.3, 0.4) is 0 Å². The summed E-state index contributed by atoms with van der Waals surface area (Å²) in [4.78, 5) is 18.2. The Morgan fingerprint density at radius 2 is 2.00 bits per heavy atom. The van der Waals surface area contributed by atoms with E-state index in [0.717, 1.165) is 0 Å². The van der Waals surface area contributed by atoms with Gasteiger partial charge in [0.1, 0.15) is 5.82 Å². The third-order valence-electron chi connectivity index (χ3n) is 4.10. The maximum absolute atomic E-state index is 13.6. The highest BCUT2D eigenvalue weighted by Crippen LogP contribution is 2.30. The lowest BCUT2D eigenvalue weighted by atomic mass is 10.0. The SMILES string of the molecule is O=c1[nH]ccc(-c2noc(C(F)(F)F)n2)c1Cc1ccnn1-c1cccc(F)c1. The predicted octanol–water partition coefficient (Wildman–Crippen LogP) is 3.36. The second-order valence-electron chi connectivity index (χ2n) is 6.01. The molecule has 0 spiro atoms. The third-order valence-corrected chi connectivity index (χ3v) is 4.10. The number of nitrogens with zero attached hydrogens (tertiary/aromatic N) is 4. The first kappa shape index (κ1) is 18.6. The second kappa shape index (κ2) is 7.00. The number of alkyl halides is 3. The normalized spacial score (nSPS) is 11.7. The first-order chi connectivity index (χ1) is 13.8. The number of benzene rings is 1. The quantitative estimate of drug-likeness (QED) is 0.526. The van der Waals surface area contributed by atoms with Crippen molar-refractivity contribution in [2.45, 2.75) is 12.6 Å². The van der Waals surface area contributed by atoms with Crippen molar-refractivity contribution in [1.29, 1.82) is 0 Å². The van der Waals surface area contributed by atoms with E-state index < -0.39 is 23.4 Å². The number of H-pyrrole nitrogens is 1. The molecule has 7 nitrogen and oxygen atoms in total. The number of rotatable bonds is 4. The van der Waals surface area contributed by atoms with Gasteiger partial charge in [0.05, 0.1) is 5.69 Å². The molecule has 0 fully saturated rings. The van der Waals surface area contributed by atoms with Crippen molar-refractivity contribution >= 4 is 0 Å². The lowest BCUT2D eigenvalue weighted by Crippen LogP contribution is -2.16. The van der Waals surface area contributed by atoms with Gasteiger partial charge in [-0.2, -0.15) is 23.3 Å². The van der Waals surface area contributed by atoms with E-state index in [0.29, 0.717) is 11.4 Å². The maximum Gasteiger partial charge on any atom is 0.471 e. The highest BCUT2D eigenvalue weighted by Gasteiger charge is 2.38. The van der Waals surface area contributed by atoms with Gasteiger partial charge in [-0.15, -0.1) is 0 Å². The molecule has 3 heterocycles. The van der Waals surface area contributed by atoms with Gasteiger partial charge in [-0.1, -0.05) is 11.2 Å². The molecule has 0 radical (unpaired) electrons. The molecule has 148 valence electrons. The van der Waals surface area contributed by atoms with Gasteiger partial charge in [0.2, 0.25) is 5.82 Å². The van der Waals surface area contributed by atoms with Gasteiger partial charge < -0.3 is 9.51 Å². The van der Waals surface area contributed by atoms with E-state index in [-0.39, 0.29) is 23.4 Å². The van der Waals surface area contributed by atoms with Crippen molar-refractivity contribution < 1.29 is 22.1 Å². The molecule has 0 aliphatic rings. The number of halogens is 4. The van der Waals surface area contributed by atoms with Crippen molar-refractivity contribution in [3.8, 4) is 17.1 Å². The third kappa shape index (κ3) is 3.66. The standard InChI is InChI=1S/C18H11F4N5O2/c19-10-2-1-3-11(8-10)27-12(4-7-24-27)9-14-13(5-6-23-16(14)28)15-25-17(29-26-15)18(20,21)22/h1-8H,9H2,(H,23,28). The Morgan fingerprint density at radius 1 is 1.17 bits per heavy atom. The number of pyridine rings is 1. The largest absolute Gasteiger partial charge is 0.471 e. The van der Waals surface area contributed by atoms with Crippen LogP contribution in [0, 0.1) is 5.82 Å². The number of aromatic amines is 1. The number of hydrogen-bond donors (Lipinski definition) is 1. The van der Waals surface area contributed by atoms with Crippen LogP contribution < -0.4 is 5.56 Å². The van der Waals surface area contributed by atoms with Crippen molar-refractivity contribution in [1.82, 2.24) is 24.9 Å². The minimum absolute atomic E-state index is 0.0160. The van der Waals surface area contributed by atoms with Gasteiger partial charge in [0, 0.05) is 35.6 Å². The average Bonchev–Trinajstić information content (AvgIpc) is 3.33. The molecule has 0 aliphatic heterocycles. The van der Waals surface area contributed by atoms with Crippen molar-refractivity contribution in [3.05, 3.63) is 82.1 Å². The van der Waals surface area contributed by atoms with Gasteiger partial charge >= 0.3 is 12.1 Å². The Bertz CT molecular complexity index is 1230. The second-order valence-corrected chi connectivity index (χ2v) is 6.01. The van der Waals surface area contributed by atoms with Crippen LogP contribution in [0.2, 0.25) is 0 Å². The summed E-state index contributed by atoms with van der Waals surface area (Å²) in [6.07, 6.45) is -2.08. The van der Waals surface area contributed by atoms with Crippen molar-refractivity contribution in [2.24, 2.45) is 0 Å². The molecule has 1 aromatic carbocycles. The molecule has 0 atom stereocenters. The smallest absolute Gasteiger partial charge is 0.329 e. The minimum Gasteiger partial charge on any atom is -0.329 e. The molecule has 0 aliphatic carbocycles. The van der Waals surface area contributed by atoms with E-state index in [2.05, 4.69) is 24.7 Å². The topological polar surface area (TPSA) is 89.6 Å². The molecule has 0 bridgehead atoms.